The zero-order valence-electron chi connectivity index (χ0n) is 7.87. The predicted molar refractivity (Wildman–Crippen MR) is 54.5 cm³/mol. The van der Waals surface area contributed by atoms with Gasteiger partial charge in [-0.2, -0.15) is 0 Å². The topological polar surface area (TPSA) is 46.5 Å². The van der Waals surface area contributed by atoms with Gasteiger partial charge in [-0.25, -0.2) is 4.79 Å². The van der Waals surface area contributed by atoms with Crippen LogP contribution in [0.3, 0.4) is 0 Å². The van der Waals surface area contributed by atoms with Crippen LogP contribution in [0.5, 0.6) is 5.75 Å². The minimum atomic E-state index is -1.05. The minimum Gasteiger partial charge on any atom is -0.492 e. The summed E-state index contributed by atoms with van der Waals surface area (Å²) in [6.45, 7) is -0.229. The highest BCUT2D eigenvalue weighted by Crippen LogP contribution is 2.25. The average molecular weight is 233 g/mol. The first kappa shape index (κ1) is 11.8. The number of carbonyl (C=O) groups is 1. The van der Waals surface area contributed by atoms with Gasteiger partial charge < -0.3 is 9.84 Å². The molecule has 0 amide bonds. The first-order valence-corrected chi connectivity index (χ1v) is 4.74. The van der Waals surface area contributed by atoms with Crippen molar-refractivity contribution in [1.29, 1.82) is 0 Å². The van der Waals surface area contributed by atoms with E-state index in [1.807, 2.05) is 0 Å². The van der Waals surface area contributed by atoms with Crippen molar-refractivity contribution in [2.45, 2.75) is 6.42 Å². The van der Waals surface area contributed by atoms with Crippen LogP contribution in [0.1, 0.15) is 16.8 Å². The molecule has 0 bridgehead atoms. The smallest absolute Gasteiger partial charge is 0.335 e. The second kappa shape index (κ2) is 5.56. The molecule has 1 aromatic carbocycles. The fraction of sp³-hybridized carbons (Fsp3) is 0.300. The van der Waals surface area contributed by atoms with Crippen LogP contribution in [0, 0.1) is 0 Å². The van der Waals surface area contributed by atoms with Crippen molar-refractivity contribution in [3.05, 3.63) is 28.8 Å². The van der Waals surface area contributed by atoms with Gasteiger partial charge in [0.15, 0.2) is 0 Å². The minimum absolute atomic E-state index is 0.0952. The van der Waals surface area contributed by atoms with E-state index in [-0.39, 0.29) is 23.6 Å². The number of benzene rings is 1. The lowest BCUT2D eigenvalue weighted by molar-refractivity contribution is 0.0697. The molecule has 1 aromatic rings. The molecule has 0 aliphatic rings. The van der Waals surface area contributed by atoms with Crippen LogP contribution in [0.15, 0.2) is 18.2 Å². The third-order valence-corrected chi connectivity index (χ3v) is 2.01. The van der Waals surface area contributed by atoms with E-state index in [4.69, 9.17) is 21.4 Å². The molecule has 0 aromatic heterocycles. The highest BCUT2D eigenvalue weighted by atomic mass is 35.5. The Morgan fingerprint density at radius 2 is 2.27 bits per heavy atom. The lowest BCUT2D eigenvalue weighted by Crippen LogP contribution is -2.00. The standard InChI is InChI=1S/C10H10ClFO3/c11-8-6-7(10(13)14)2-3-9(8)15-5-1-4-12/h2-3,6H,1,4-5H2,(H,13,14). The van der Waals surface area contributed by atoms with Crippen molar-refractivity contribution < 1.29 is 19.0 Å². The maximum absolute atomic E-state index is 11.8. The van der Waals surface area contributed by atoms with E-state index in [9.17, 15) is 9.18 Å². The van der Waals surface area contributed by atoms with E-state index in [2.05, 4.69) is 0 Å². The number of carboxylic acids is 1. The first-order valence-electron chi connectivity index (χ1n) is 4.36. The van der Waals surface area contributed by atoms with Crippen LogP contribution in [0.25, 0.3) is 0 Å². The van der Waals surface area contributed by atoms with E-state index >= 15 is 0 Å². The van der Waals surface area contributed by atoms with Crippen LogP contribution >= 0.6 is 11.6 Å². The molecule has 0 saturated carbocycles. The van der Waals surface area contributed by atoms with Gasteiger partial charge in [0.2, 0.25) is 0 Å². The molecule has 1 N–H and O–H groups in total. The number of aromatic carboxylic acids is 1. The number of ether oxygens (including phenoxy) is 1. The normalized spacial score (nSPS) is 10.0. The zero-order valence-corrected chi connectivity index (χ0v) is 8.63. The Kier molecular flexibility index (Phi) is 4.37. The van der Waals surface area contributed by atoms with Gasteiger partial charge in [-0.05, 0) is 18.2 Å². The maximum Gasteiger partial charge on any atom is 0.335 e. The Bertz CT molecular complexity index is 355. The molecule has 0 aliphatic carbocycles. The molecule has 15 heavy (non-hydrogen) atoms. The average Bonchev–Trinajstić information content (AvgIpc) is 2.20. The van der Waals surface area contributed by atoms with Crippen molar-refractivity contribution in [1.82, 2.24) is 0 Å². The summed E-state index contributed by atoms with van der Waals surface area (Å²) in [5.41, 5.74) is 0.0952. The number of hydrogen-bond acceptors (Lipinski definition) is 2. The Hall–Kier alpha value is -1.29. The lowest BCUT2D eigenvalue weighted by atomic mass is 10.2. The summed E-state index contributed by atoms with van der Waals surface area (Å²) in [6, 6.07) is 4.15. The summed E-state index contributed by atoms with van der Waals surface area (Å²) >= 11 is 5.77. The van der Waals surface area contributed by atoms with Gasteiger partial charge >= 0.3 is 5.97 Å². The van der Waals surface area contributed by atoms with Crippen molar-refractivity contribution in [2.75, 3.05) is 13.3 Å². The quantitative estimate of drug-likeness (QED) is 0.794. The Morgan fingerprint density at radius 1 is 1.53 bits per heavy atom. The molecule has 0 saturated heterocycles. The number of alkyl halides is 1. The Morgan fingerprint density at radius 3 is 2.80 bits per heavy atom. The monoisotopic (exact) mass is 232 g/mol. The van der Waals surface area contributed by atoms with E-state index in [0.29, 0.717) is 5.75 Å². The molecule has 5 heteroatoms. The van der Waals surface area contributed by atoms with E-state index in [1.54, 1.807) is 0 Å². The fourth-order valence-electron chi connectivity index (χ4n) is 0.988. The number of hydrogen-bond donors (Lipinski definition) is 1. The molecular formula is C10H10ClFO3. The fourth-order valence-corrected chi connectivity index (χ4v) is 1.22. The number of rotatable bonds is 5. The molecule has 3 nitrogen and oxygen atoms in total. The molecule has 82 valence electrons. The second-order valence-corrected chi connectivity index (χ2v) is 3.25. The molecule has 0 heterocycles. The molecule has 0 spiro atoms. The van der Waals surface area contributed by atoms with Gasteiger partial charge in [0.05, 0.1) is 23.9 Å². The van der Waals surface area contributed by atoms with Crippen molar-refractivity contribution in [3.63, 3.8) is 0 Å². The van der Waals surface area contributed by atoms with E-state index < -0.39 is 12.6 Å². The summed E-state index contributed by atoms with van der Waals surface area (Å²) in [6.07, 6.45) is 0.289. The summed E-state index contributed by atoms with van der Waals surface area (Å²) in [4.78, 5) is 10.6. The summed E-state index contributed by atoms with van der Waals surface area (Å²) < 4.78 is 16.9. The van der Waals surface area contributed by atoms with Gasteiger partial charge in [-0.15, -0.1) is 0 Å². The van der Waals surface area contributed by atoms with Crippen LogP contribution in [-0.4, -0.2) is 24.4 Å². The van der Waals surface area contributed by atoms with Crippen molar-refractivity contribution in [2.24, 2.45) is 0 Å². The first-order chi connectivity index (χ1) is 7.15. The SMILES string of the molecule is O=C(O)c1ccc(OCCCF)c(Cl)c1. The van der Waals surface area contributed by atoms with Gasteiger partial charge in [-0.3, -0.25) is 4.39 Å². The largest absolute Gasteiger partial charge is 0.492 e. The second-order valence-electron chi connectivity index (χ2n) is 2.84. The van der Waals surface area contributed by atoms with Gasteiger partial charge in [0.1, 0.15) is 5.75 Å². The summed E-state index contributed by atoms with van der Waals surface area (Å²) in [5, 5.41) is 8.88. The Labute approximate surface area is 91.4 Å². The predicted octanol–water partition coefficient (Wildman–Crippen LogP) is 2.78. The molecule has 0 radical (unpaired) electrons. The number of carboxylic acid groups (broad SMARTS) is 1. The summed E-state index contributed by atoms with van der Waals surface area (Å²) in [7, 11) is 0. The molecule has 0 atom stereocenters. The Balaban J connectivity index is 2.70. The molecular weight excluding hydrogens is 223 g/mol. The van der Waals surface area contributed by atoms with Crippen molar-refractivity contribution in [3.8, 4) is 5.75 Å². The lowest BCUT2D eigenvalue weighted by Gasteiger charge is -2.07. The number of halogens is 2. The zero-order chi connectivity index (χ0) is 11.3. The van der Waals surface area contributed by atoms with Gasteiger partial charge in [0.25, 0.3) is 0 Å². The highest BCUT2D eigenvalue weighted by molar-refractivity contribution is 6.32. The van der Waals surface area contributed by atoms with Gasteiger partial charge in [-0.1, -0.05) is 11.6 Å². The molecule has 0 fully saturated rings. The molecule has 1 rings (SSSR count). The highest BCUT2D eigenvalue weighted by Gasteiger charge is 2.07. The van der Waals surface area contributed by atoms with Crippen LogP contribution in [0.2, 0.25) is 5.02 Å². The summed E-state index contributed by atoms with van der Waals surface area (Å²) in [5.74, 6) is -0.678. The van der Waals surface area contributed by atoms with Crippen LogP contribution in [0.4, 0.5) is 4.39 Å². The molecule has 0 unspecified atom stereocenters. The molecule has 0 aliphatic heterocycles. The van der Waals surface area contributed by atoms with Crippen LogP contribution < -0.4 is 4.74 Å². The maximum atomic E-state index is 11.8. The van der Waals surface area contributed by atoms with Gasteiger partial charge in [0, 0.05) is 6.42 Å². The van der Waals surface area contributed by atoms with Crippen LogP contribution in [-0.2, 0) is 0 Å². The third-order valence-electron chi connectivity index (χ3n) is 1.71. The van der Waals surface area contributed by atoms with E-state index in [1.165, 1.54) is 18.2 Å². The third kappa shape index (κ3) is 3.40. The van der Waals surface area contributed by atoms with E-state index in [0.717, 1.165) is 0 Å². The van der Waals surface area contributed by atoms with Crippen molar-refractivity contribution >= 4 is 17.6 Å².